The molecular weight excluding hydrogens is 214 g/mol. The first-order chi connectivity index (χ1) is 6.99. The van der Waals surface area contributed by atoms with E-state index < -0.39 is 10.0 Å². The molecule has 5 heteroatoms. The average molecular weight is 235 g/mol. The zero-order chi connectivity index (χ0) is 11.3. The van der Waals surface area contributed by atoms with Gasteiger partial charge in [0.1, 0.15) is 0 Å². The van der Waals surface area contributed by atoms with Gasteiger partial charge >= 0.3 is 0 Å². The van der Waals surface area contributed by atoms with Crippen LogP contribution in [-0.2, 0) is 14.8 Å². The molecule has 4 nitrogen and oxygen atoms in total. The molecule has 0 amide bonds. The van der Waals surface area contributed by atoms with Gasteiger partial charge in [0.15, 0.2) is 0 Å². The average Bonchev–Trinajstić information content (AvgIpc) is 2.13. The van der Waals surface area contributed by atoms with Crippen LogP contribution in [0.5, 0.6) is 0 Å². The van der Waals surface area contributed by atoms with Crippen molar-refractivity contribution in [2.24, 2.45) is 5.92 Å². The lowest BCUT2D eigenvalue weighted by atomic mass is 9.88. The normalized spacial score (nSPS) is 27.9. The van der Waals surface area contributed by atoms with Gasteiger partial charge in [-0.3, -0.25) is 0 Å². The third-order valence-electron chi connectivity index (χ3n) is 2.83. The first kappa shape index (κ1) is 12.9. The fourth-order valence-corrected chi connectivity index (χ4v) is 2.42. The molecule has 0 aromatic heterocycles. The third-order valence-corrected chi connectivity index (χ3v) is 3.56. The summed E-state index contributed by atoms with van der Waals surface area (Å²) in [5.74, 6) is 0.608. The van der Waals surface area contributed by atoms with Crippen molar-refractivity contribution in [2.75, 3.05) is 19.4 Å². The second-order valence-corrected chi connectivity index (χ2v) is 6.17. The minimum Gasteiger partial charge on any atom is -0.377 e. The monoisotopic (exact) mass is 235 g/mol. The Hall–Kier alpha value is -0.130. The Balaban J connectivity index is 2.14. The van der Waals surface area contributed by atoms with Gasteiger partial charge in [-0.15, -0.1) is 0 Å². The zero-order valence-electron chi connectivity index (χ0n) is 9.53. The molecule has 0 aromatic carbocycles. The van der Waals surface area contributed by atoms with Gasteiger partial charge in [0, 0.05) is 6.54 Å². The molecule has 1 rings (SSSR count). The highest BCUT2D eigenvalue weighted by Crippen LogP contribution is 2.25. The minimum atomic E-state index is -3.07. The van der Waals surface area contributed by atoms with Crippen molar-refractivity contribution < 1.29 is 13.2 Å². The second-order valence-electron chi connectivity index (χ2n) is 4.34. The zero-order valence-corrected chi connectivity index (χ0v) is 10.3. The molecular formula is C10H21NO3S. The van der Waals surface area contributed by atoms with Crippen LogP contribution in [0.25, 0.3) is 0 Å². The summed E-state index contributed by atoms with van der Waals surface area (Å²) in [7, 11) is -3.07. The smallest absolute Gasteiger partial charge is 0.208 e. The van der Waals surface area contributed by atoms with E-state index in [1.807, 2.05) is 0 Å². The number of nitrogens with one attached hydrogen (secondary N) is 1. The van der Waals surface area contributed by atoms with Crippen LogP contribution in [0.15, 0.2) is 0 Å². The van der Waals surface area contributed by atoms with Gasteiger partial charge in [0.05, 0.1) is 19.0 Å². The second kappa shape index (κ2) is 5.82. The molecule has 0 radical (unpaired) electrons. The van der Waals surface area contributed by atoms with E-state index in [-0.39, 0.29) is 0 Å². The van der Waals surface area contributed by atoms with Crippen molar-refractivity contribution in [3.05, 3.63) is 0 Å². The topological polar surface area (TPSA) is 55.4 Å². The maximum atomic E-state index is 10.8. The Morgan fingerprint density at radius 1 is 1.33 bits per heavy atom. The van der Waals surface area contributed by atoms with Gasteiger partial charge in [0.25, 0.3) is 0 Å². The lowest BCUT2D eigenvalue weighted by molar-refractivity contribution is -0.00175. The van der Waals surface area contributed by atoms with Gasteiger partial charge < -0.3 is 4.74 Å². The summed E-state index contributed by atoms with van der Waals surface area (Å²) >= 11 is 0. The minimum absolute atomic E-state index is 0.320. The van der Waals surface area contributed by atoms with Crippen LogP contribution < -0.4 is 4.72 Å². The highest BCUT2D eigenvalue weighted by atomic mass is 32.2. The molecule has 2 atom stereocenters. The first-order valence-corrected chi connectivity index (χ1v) is 7.44. The summed E-state index contributed by atoms with van der Waals surface area (Å²) in [5, 5.41) is 0. The van der Waals surface area contributed by atoms with Crippen molar-refractivity contribution in [1.82, 2.24) is 4.72 Å². The number of sulfonamides is 1. The quantitative estimate of drug-likeness (QED) is 0.727. The van der Waals surface area contributed by atoms with Gasteiger partial charge in [-0.2, -0.15) is 0 Å². The molecule has 1 N–H and O–H groups in total. The van der Waals surface area contributed by atoms with E-state index in [0.29, 0.717) is 25.2 Å². The summed E-state index contributed by atoms with van der Waals surface area (Å²) in [6.45, 7) is 3.05. The standard InChI is InChI=1S/C10H21NO3S/c1-9-5-3-4-6-10(9)14-8-7-11-15(2,12)13/h9-11H,3-8H2,1-2H3/t9-,10+/m0/s1. The Labute approximate surface area is 92.4 Å². The molecule has 0 aliphatic heterocycles. The fraction of sp³-hybridized carbons (Fsp3) is 1.00. The molecule has 1 saturated carbocycles. The summed E-state index contributed by atoms with van der Waals surface area (Å²) in [6, 6.07) is 0. The SMILES string of the molecule is C[C@H]1CCCC[C@H]1OCCNS(C)(=O)=O. The molecule has 0 saturated heterocycles. The summed E-state index contributed by atoms with van der Waals surface area (Å²) < 4.78 is 29.6. The van der Waals surface area contributed by atoms with Crippen molar-refractivity contribution >= 4 is 10.0 Å². The van der Waals surface area contributed by atoms with Crippen LogP contribution in [0.2, 0.25) is 0 Å². The molecule has 1 fully saturated rings. The van der Waals surface area contributed by atoms with Crippen molar-refractivity contribution in [3.8, 4) is 0 Å². The van der Waals surface area contributed by atoms with Crippen molar-refractivity contribution in [3.63, 3.8) is 0 Å². The molecule has 1 aliphatic carbocycles. The number of hydrogen-bond donors (Lipinski definition) is 1. The van der Waals surface area contributed by atoms with E-state index in [2.05, 4.69) is 11.6 Å². The number of hydrogen-bond acceptors (Lipinski definition) is 3. The van der Waals surface area contributed by atoms with Crippen LogP contribution in [0.4, 0.5) is 0 Å². The van der Waals surface area contributed by atoms with E-state index in [1.54, 1.807) is 0 Å². The van der Waals surface area contributed by atoms with Crippen LogP contribution in [-0.4, -0.2) is 33.9 Å². The van der Waals surface area contributed by atoms with E-state index in [1.165, 1.54) is 19.3 Å². The lowest BCUT2D eigenvalue weighted by Gasteiger charge is -2.28. The van der Waals surface area contributed by atoms with Crippen LogP contribution in [0.3, 0.4) is 0 Å². The Morgan fingerprint density at radius 3 is 2.60 bits per heavy atom. The van der Waals surface area contributed by atoms with E-state index in [9.17, 15) is 8.42 Å². The predicted octanol–water partition coefficient (Wildman–Crippen LogP) is 1.13. The molecule has 0 unspecified atom stereocenters. The van der Waals surface area contributed by atoms with Crippen molar-refractivity contribution in [1.29, 1.82) is 0 Å². The largest absolute Gasteiger partial charge is 0.377 e. The highest BCUT2D eigenvalue weighted by Gasteiger charge is 2.21. The molecule has 15 heavy (non-hydrogen) atoms. The van der Waals surface area contributed by atoms with Crippen molar-refractivity contribution in [2.45, 2.75) is 38.7 Å². The van der Waals surface area contributed by atoms with Crippen LogP contribution in [0.1, 0.15) is 32.6 Å². The Kier molecular flexibility index (Phi) is 5.02. The number of rotatable bonds is 5. The molecule has 0 spiro atoms. The highest BCUT2D eigenvalue weighted by molar-refractivity contribution is 7.88. The maximum Gasteiger partial charge on any atom is 0.208 e. The summed E-state index contributed by atoms with van der Waals surface area (Å²) in [4.78, 5) is 0. The summed E-state index contributed by atoms with van der Waals surface area (Å²) in [6.07, 6.45) is 6.34. The number of ether oxygens (including phenoxy) is 1. The van der Waals surface area contributed by atoms with Gasteiger partial charge in [-0.05, 0) is 18.8 Å². The maximum absolute atomic E-state index is 10.8. The fourth-order valence-electron chi connectivity index (χ4n) is 1.97. The molecule has 1 aliphatic rings. The third kappa shape index (κ3) is 5.49. The van der Waals surface area contributed by atoms with E-state index in [0.717, 1.165) is 12.7 Å². The Bertz CT molecular complexity index is 276. The van der Waals surface area contributed by atoms with Gasteiger partial charge in [0.2, 0.25) is 10.0 Å². The van der Waals surface area contributed by atoms with Gasteiger partial charge in [-0.25, -0.2) is 13.1 Å². The van der Waals surface area contributed by atoms with Crippen LogP contribution >= 0.6 is 0 Å². The molecule has 0 heterocycles. The molecule has 0 bridgehead atoms. The van der Waals surface area contributed by atoms with E-state index in [4.69, 9.17) is 4.74 Å². The lowest BCUT2D eigenvalue weighted by Crippen LogP contribution is -2.31. The predicted molar refractivity (Wildman–Crippen MR) is 60.2 cm³/mol. The Morgan fingerprint density at radius 2 is 2.00 bits per heavy atom. The van der Waals surface area contributed by atoms with Gasteiger partial charge in [-0.1, -0.05) is 19.8 Å². The molecule has 90 valence electrons. The first-order valence-electron chi connectivity index (χ1n) is 5.55. The van der Waals surface area contributed by atoms with Crippen LogP contribution in [0, 0.1) is 5.92 Å². The summed E-state index contributed by atoms with van der Waals surface area (Å²) in [5.41, 5.74) is 0. The van der Waals surface area contributed by atoms with E-state index >= 15 is 0 Å². The molecule has 0 aromatic rings.